The number of rotatable bonds is 6. The van der Waals surface area contributed by atoms with Crippen LogP contribution in [0.5, 0.6) is 0 Å². The zero-order valence-corrected chi connectivity index (χ0v) is 19.4. The summed E-state index contributed by atoms with van der Waals surface area (Å²) in [5.41, 5.74) is 0.326. The van der Waals surface area contributed by atoms with Gasteiger partial charge in [0.1, 0.15) is 11.8 Å². The molecule has 2 unspecified atom stereocenters. The van der Waals surface area contributed by atoms with Crippen LogP contribution in [0.25, 0.3) is 0 Å². The van der Waals surface area contributed by atoms with Crippen LogP contribution < -0.4 is 5.32 Å². The highest BCUT2D eigenvalue weighted by Crippen LogP contribution is 2.30. The Morgan fingerprint density at radius 1 is 1.42 bits per heavy atom. The number of hydrogen-bond donors (Lipinski definition) is 1. The van der Waals surface area contributed by atoms with Crippen molar-refractivity contribution < 1.29 is 13.5 Å². The van der Waals surface area contributed by atoms with E-state index in [2.05, 4.69) is 30.4 Å². The maximum atomic E-state index is 12.7. The van der Waals surface area contributed by atoms with E-state index < -0.39 is 18.2 Å². The standard InChI is InChI=1S/C21H21Cl2F2N7O/c1-3-28-30-17-11-32(31-18(17)13-6-7-15(22)16(23)9-13)20(27-12-26)29-21(2)8-4-5-14(10-21)33-19(24)25/h4-9,17,19H,3,10-11H2,1-2H3,(H,27,29). The van der Waals surface area contributed by atoms with Gasteiger partial charge in [0.2, 0.25) is 5.96 Å². The summed E-state index contributed by atoms with van der Waals surface area (Å²) < 4.78 is 29.9. The van der Waals surface area contributed by atoms with Crippen LogP contribution in [-0.2, 0) is 4.74 Å². The van der Waals surface area contributed by atoms with Crippen molar-refractivity contribution in [1.29, 1.82) is 5.26 Å². The molecule has 12 heteroatoms. The highest BCUT2D eigenvalue weighted by Gasteiger charge is 2.33. The van der Waals surface area contributed by atoms with Gasteiger partial charge in [-0.3, -0.25) is 5.32 Å². The fraction of sp³-hybridized carbons (Fsp3) is 0.381. The highest BCUT2D eigenvalue weighted by atomic mass is 35.5. The first-order valence-corrected chi connectivity index (χ1v) is 10.8. The molecular weight excluding hydrogens is 475 g/mol. The van der Waals surface area contributed by atoms with Crippen molar-refractivity contribution in [3.8, 4) is 6.19 Å². The Balaban J connectivity index is 1.95. The van der Waals surface area contributed by atoms with Crippen LogP contribution in [0.4, 0.5) is 8.78 Å². The average Bonchev–Trinajstić information content (AvgIpc) is 3.17. The molecule has 0 saturated carbocycles. The number of guanidine groups is 1. The number of nitrogens with zero attached hydrogens (tertiary/aromatic N) is 6. The van der Waals surface area contributed by atoms with E-state index in [1.807, 2.05) is 13.1 Å². The van der Waals surface area contributed by atoms with E-state index in [0.29, 0.717) is 27.9 Å². The second-order valence-electron chi connectivity index (χ2n) is 7.36. The van der Waals surface area contributed by atoms with Gasteiger partial charge in [0.15, 0.2) is 6.19 Å². The molecule has 2 aliphatic rings. The molecule has 8 nitrogen and oxygen atoms in total. The molecule has 0 radical (unpaired) electrons. The first kappa shape index (κ1) is 24.6. The predicted molar refractivity (Wildman–Crippen MR) is 122 cm³/mol. The van der Waals surface area contributed by atoms with Gasteiger partial charge >= 0.3 is 6.61 Å². The van der Waals surface area contributed by atoms with Crippen LogP contribution in [0, 0.1) is 11.5 Å². The smallest absolute Gasteiger partial charge is 0.387 e. The van der Waals surface area contributed by atoms with E-state index in [1.54, 1.807) is 37.3 Å². The van der Waals surface area contributed by atoms with E-state index in [0.717, 1.165) is 0 Å². The Labute approximate surface area is 199 Å². The summed E-state index contributed by atoms with van der Waals surface area (Å²) in [4.78, 5) is 4.60. The van der Waals surface area contributed by atoms with Crippen molar-refractivity contribution in [1.82, 2.24) is 10.3 Å². The summed E-state index contributed by atoms with van der Waals surface area (Å²) in [6, 6.07) is 4.66. The minimum atomic E-state index is -2.94. The molecule has 0 amide bonds. The third kappa shape index (κ3) is 6.27. The Bertz CT molecular complexity index is 1080. The van der Waals surface area contributed by atoms with Crippen molar-refractivity contribution in [2.45, 2.75) is 38.5 Å². The first-order chi connectivity index (χ1) is 15.7. The number of nitriles is 1. The van der Waals surface area contributed by atoms with Gasteiger partial charge in [0.05, 0.1) is 34.4 Å². The highest BCUT2D eigenvalue weighted by molar-refractivity contribution is 6.42. The van der Waals surface area contributed by atoms with E-state index in [9.17, 15) is 14.0 Å². The SMILES string of the molecule is CCN=NC1CN(C(=NC2(C)C=CC=C(OC(F)F)C2)NC#N)N=C1c1ccc(Cl)c(Cl)c1. The topological polar surface area (TPSA) is 97.7 Å². The molecule has 1 N–H and O–H groups in total. The number of benzene rings is 1. The summed E-state index contributed by atoms with van der Waals surface area (Å²) in [6.45, 7) is 1.40. The Hall–Kier alpha value is -3.03. The van der Waals surface area contributed by atoms with Crippen LogP contribution in [0.2, 0.25) is 10.0 Å². The van der Waals surface area contributed by atoms with E-state index >= 15 is 0 Å². The Morgan fingerprint density at radius 2 is 2.21 bits per heavy atom. The van der Waals surface area contributed by atoms with E-state index in [4.69, 9.17) is 23.2 Å². The molecule has 33 heavy (non-hydrogen) atoms. The largest absolute Gasteiger partial charge is 0.439 e. The van der Waals surface area contributed by atoms with Crippen LogP contribution in [0.15, 0.2) is 62.5 Å². The molecule has 174 valence electrons. The van der Waals surface area contributed by atoms with Gasteiger partial charge in [0.25, 0.3) is 0 Å². The van der Waals surface area contributed by atoms with Crippen molar-refractivity contribution in [3.63, 3.8) is 0 Å². The van der Waals surface area contributed by atoms with Gasteiger partial charge in [-0.1, -0.05) is 41.4 Å². The fourth-order valence-corrected chi connectivity index (χ4v) is 3.64. The zero-order valence-electron chi connectivity index (χ0n) is 17.8. The molecule has 0 saturated heterocycles. The minimum Gasteiger partial charge on any atom is -0.439 e. The Morgan fingerprint density at radius 3 is 2.88 bits per heavy atom. The third-order valence-corrected chi connectivity index (χ3v) is 5.49. The monoisotopic (exact) mass is 495 g/mol. The molecular formula is C21H21Cl2F2N7O. The van der Waals surface area contributed by atoms with Gasteiger partial charge in [-0.05, 0) is 32.1 Å². The van der Waals surface area contributed by atoms with Gasteiger partial charge < -0.3 is 4.74 Å². The number of azo groups is 1. The van der Waals surface area contributed by atoms with Crippen molar-refractivity contribution >= 4 is 34.9 Å². The molecule has 1 aromatic rings. The number of halogens is 4. The molecule has 2 atom stereocenters. The normalized spacial score (nSPS) is 23.0. The van der Waals surface area contributed by atoms with Crippen molar-refractivity contribution in [3.05, 3.63) is 57.8 Å². The molecule has 1 aliphatic heterocycles. The van der Waals surface area contributed by atoms with Crippen LogP contribution in [0.3, 0.4) is 0 Å². The molecule has 3 rings (SSSR count). The minimum absolute atomic E-state index is 0.0840. The van der Waals surface area contributed by atoms with E-state index in [-0.39, 0.29) is 24.7 Å². The number of alkyl halides is 2. The van der Waals surface area contributed by atoms with Crippen LogP contribution in [0.1, 0.15) is 25.8 Å². The van der Waals surface area contributed by atoms with Crippen LogP contribution >= 0.6 is 23.2 Å². The lowest BCUT2D eigenvalue weighted by molar-refractivity contribution is -0.0997. The van der Waals surface area contributed by atoms with Crippen molar-refractivity contribution in [2.24, 2.45) is 20.3 Å². The third-order valence-electron chi connectivity index (χ3n) is 4.75. The molecule has 0 bridgehead atoms. The maximum Gasteiger partial charge on any atom is 0.387 e. The molecule has 0 aromatic heterocycles. The predicted octanol–water partition coefficient (Wildman–Crippen LogP) is 5.12. The van der Waals surface area contributed by atoms with E-state index in [1.165, 1.54) is 11.1 Å². The molecule has 1 heterocycles. The molecule has 0 spiro atoms. The van der Waals surface area contributed by atoms with Gasteiger partial charge in [-0.2, -0.15) is 29.4 Å². The Kier molecular flexibility index (Phi) is 8.00. The average molecular weight is 496 g/mol. The van der Waals surface area contributed by atoms with Gasteiger partial charge in [-0.15, -0.1) is 0 Å². The number of hydrogen-bond acceptors (Lipinski definition) is 6. The molecule has 1 aliphatic carbocycles. The number of ether oxygens (including phenoxy) is 1. The molecule has 1 aromatic carbocycles. The number of allylic oxidation sites excluding steroid dienone is 2. The second kappa shape index (κ2) is 10.7. The second-order valence-corrected chi connectivity index (χ2v) is 8.18. The van der Waals surface area contributed by atoms with Gasteiger partial charge in [-0.25, -0.2) is 10.0 Å². The lowest BCUT2D eigenvalue weighted by Gasteiger charge is -2.27. The summed E-state index contributed by atoms with van der Waals surface area (Å²) in [5.74, 6) is 0.223. The lowest BCUT2D eigenvalue weighted by atomic mass is 9.93. The number of nitrogens with one attached hydrogen (secondary N) is 1. The summed E-state index contributed by atoms with van der Waals surface area (Å²) in [5, 5.41) is 27.1. The summed E-state index contributed by atoms with van der Waals surface area (Å²) >= 11 is 12.2. The zero-order chi connectivity index (χ0) is 24.0. The number of hydrazone groups is 1. The number of aliphatic imine (C=N–C) groups is 1. The van der Waals surface area contributed by atoms with Gasteiger partial charge in [0, 0.05) is 12.0 Å². The summed E-state index contributed by atoms with van der Waals surface area (Å²) in [7, 11) is 0. The van der Waals surface area contributed by atoms with Crippen molar-refractivity contribution in [2.75, 3.05) is 13.1 Å². The van der Waals surface area contributed by atoms with Crippen LogP contribution in [-0.4, -0.2) is 48.0 Å². The lowest BCUT2D eigenvalue weighted by Crippen LogP contribution is -2.39. The molecule has 0 fully saturated rings. The quantitative estimate of drug-likeness (QED) is 0.194. The fourth-order valence-electron chi connectivity index (χ4n) is 3.35. The summed E-state index contributed by atoms with van der Waals surface area (Å²) in [6.07, 6.45) is 6.71. The first-order valence-electron chi connectivity index (χ1n) is 10.0. The maximum absolute atomic E-state index is 12.7.